The first-order valence-electron chi connectivity index (χ1n) is 5.93. The molecule has 0 fully saturated rings. The van der Waals surface area contributed by atoms with Crippen molar-refractivity contribution < 1.29 is 9.18 Å². The quantitative estimate of drug-likeness (QED) is 0.512. The second-order valence-corrected chi connectivity index (χ2v) is 4.81. The first-order chi connectivity index (χ1) is 9.08. The lowest BCUT2D eigenvalue weighted by Gasteiger charge is -2.03. The van der Waals surface area contributed by atoms with Crippen LogP contribution in [-0.2, 0) is 4.79 Å². The summed E-state index contributed by atoms with van der Waals surface area (Å²) in [6, 6.07) is 6.16. The van der Waals surface area contributed by atoms with Gasteiger partial charge in [0, 0.05) is 6.54 Å². The summed E-state index contributed by atoms with van der Waals surface area (Å²) in [4.78, 5) is 11.7. The van der Waals surface area contributed by atoms with Crippen LogP contribution in [0.5, 0.6) is 0 Å². The van der Waals surface area contributed by atoms with Crippen LogP contribution >= 0.6 is 15.9 Å². The van der Waals surface area contributed by atoms with Crippen LogP contribution < -0.4 is 5.32 Å². The minimum Gasteiger partial charge on any atom is -0.351 e. The van der Waals surface area contributed by atoms with E-state index in [1.54, 1.807) is 0 Å². The van der Waals surface area contributed by atoms with E-state index in [0.29, 0.717) is 16.6 Å². The normalized spacial score (nSPS) is 10.9. The van der Waals surface area contributed by atoms with Gasteiger partial charge in [-0.25, -0.2) is 4.39 Å². The molecule has 100 valence electrons. The number of hydrogen-bond acceptors (Lipinski definition) is 2. The zero-order chi connectivity index (χ0) is 14.3. The summed E-state index contributed by atoms with van der Waals surface area (Å²) in [5.41, 5.74) is 0.602. The molecule has 0 aliphatic carbocycles. The smallest absolute Gasteiger partial charge is 0.261 e. The molecule has 1 amide bonds. The van der Waals surface area contributed by atoms with Gasteiger partial charge in [0.05, 0.1) is 4.47 Å². The van der Waals surface area contributed by atoms with Gasteiger partial charge in [0.15, 0.2) is 0 Å². The Balaban J connectivity index is 2.84. The van der Waals surface area contributed by atoms with Gasteiger partial charge in [-0.15, -0.1) is 0 Å². The number of benzene rings is 1. The maximum Gasteiger partial charge on any atom is 0.261 e. The average molecular weight is 325 g/mol. The molecule has 0 heterocycles. The Kier molecular flexibility index (Phi) is 6.23. The highest BCUT2D eigenvalue weighted by atomic mass is 79.9. The van der Waals surface area contributed by atoms with E-state index in [2.05, 4.69) is 21.2 Å². The standard InChI is InChI=1S/C14H14BrFN2O/c1-2-3-6-18-14(19)11(9-17)7-10-4-5-13(16)12(15)8-10/h4-5,7-8H,2-3,6H2,1H3,(H,18,19)/b11-7-. The molecule has 1 N–H and O–H groups in total. The molecule has 0 saturated heterocycles. The Morgan fingerprint density at radius 3 is 2.89 bits per heavy atom. The molecule has 0 spiro atoms. The summed E-state index contributed by atoms with van der Waals surface area (Å²) in [6.45, 7) is 2.56. The summed E-state index contributed by atoms with van der Waals surface area (Å²) in [6.07, 6.45) is 3.27. The van der Waals surface area contributed by atoms with Crippen LogP contribution in [0.1, 0.15) is 25.3 Å². The number of amides is 1. The van der Waals surface area contributed by atoms with Gasteiger partial charge in [-0.3, -0.25) is 4.79 Å². The van der Waals surface area contributed by atoms with Crippen molar-refractivity contribution >= 4 is 27.9 Å². The number of rotatable bonds is 5. The predicted octanol–water partition coefficient (Wildman–Crippen LogP) is 3.41. The summed E-state index contributed by atoms with van der Waals surface area (Å²) < 4.78 is 13.4. The monoisotopic (exact) mass is 324 g/mol. The number of halogens is 2. The fraction of sp³-hybridized carbons (Fsp3) is 0.286. The third-order valence-corrected chi connectivity index (χ3v) is 3.04. The maximum atomic E-state index is 13.1. The van der Waals surface area contributed by atoms with E-state index in [4.69, 9.17) is 5.26 Å². The molecule has 1 aromatic rings. The van der Waals surface area contributed by atoms with Gasteiger partial charge in [0.25, 0.3) is 5.91 Å². The van der Waals surface area contributed by atoms with Gasteiger partial charge in [0.2, 0.25) is 0 Å². The zero-order valence-corrected chi connectivity index (χ0v) is 12.1. The third kappa shape index (κ3) is 4.84. The predicted molar refractivity (Wildman–Crippen MR) is 75.6 cm³/mol. The number of carbonyl (C=O) groups is 1. The molecule has 0 unspecified atom stereocenters. The topological polar surface area (TPSA) is 52.9 Å². The SMILES string of the molecule is CCCCNC(=O)/C(C#N)=C\c1ccc(F)c(Br)c1. The molecule has 5 heteroatoms. The zero-order valence-electron chi connectivity index (χ0n) is 10.5. The molecule has 0 atom stereocenters. The van der Waals surface area contributed by atoms with Crippen molar-refractivity contribution in [3.8, 4) is 6.07 Å². The number of nitriles is 1. The van der Waals surface area contributed by atoms with E-state index in [0.717, 1.165) is 12.8 Å². The van der Waals surface area contributed by atoms with Crippen LogP contribution in [0.2, 0.25) is 0 Å². The molecule has 0 aliphatic rings. The Morgan fingerprint density at radius 1 is 1.58 bits per heavy atom. The second kappa shape index (κ2) is 7.70. The number of nitrogens with one attached hydrogen (secondary N) is 1. The van der Waals surface area contributed by atoms with Gasteiger partial charge >= 0.3 is 0 Å². The van der Waals surface area contributed by atoms with Crippen molar-refractivity contribution in [2.75, 3.05) is 6.54 Å². The van der Waals surface area contributed by atoms with Crippen LogP contribution in [0, 0.1) is 17.1 Å². The fourth-order valence-corrected chi connectivity index (χ4v) is 1.79. The molecule has 1 aromatic carbocycles. The van der Waals surface area contributed by atoms with E-state index in [1.165, 1.54) is 24.3 Å². The molecule has 3 nitrogen and oxygen atoms in total. The third-order valence-electron chi connectivity index (χ3n) is 2.44. The first-order valence-corrected chi connectivity index (χ1v) is 6.72. The number of unbranched alkanes of at least 4 members (excludes halogenated alkanes) is 1. The van der Waals surface area contributed by atoms with Crippen LogP contribution in [0.25, 0.3) is 6.08 Å². The molecular formula is C14H14BrFN2O. The Bertz CT molecular complexity index is 535. The minimum absolute atomic E-state index is 0.00890. The fourth-order valence-electron chi connectivity index (χ4n) is 1.39. The highest BCUT2D eigenvalue weighted by molar-refractivity contribution is 9.10. The van der Waals surface area contributed by atoms with Crippen molar-refractivity contribution in [1.29, 1.82) is 5.26 Å². The van der Waals surface area contributed by atoms with Gasteiger partial charge in [-0.05, 0) is 46.1 Å². The molecule has 0 radical (unpaired) electrons. The van der Waals surface area contributed by atoms with Crippen molar-refractivity contribution in [3.05, 3.63) is 39.6 Å². The number of carbonyl (C=O) groups excluding carboxylic acids is 1. The maximum absolute atomic E-state index is 13.1. The molecule has 0 aromatic heterocycles. The van der Waals surface area contributed by atoms with Gasteiger partial charge < -0.3 is 5.32 Å². The summed E-state index contributed by atoms with van der Waals surface area (Å²) in [5, 5.41) is 11.6. The van der Waals surface area contributed by atoms with Crippen LogP contribution in [0.4, 0.5) is 4.39 Å². The molecule has 0 saturated carbocycles. The van der Waals surface area contributed by atoms with Gasteiger partial charge in [-0.2, -0.15) is 5.26 Å². The van der Waals surface area contributed by atoms with Gasteiger partial charge in [-0.1, -0.05) is 19.4 Å². The molecule has 0 aliphatic heterocycles. The van der Waals surface area contributed by atoms with Crippen LogP contribution in [-0.4, -0.2) is 12.5 Å². The lowest BCUT2D eigenvalue weighted by atomic mass is 10.1. The Hall–Kier alpha value is -1.67. The average Bonchev–Trinajstić information content (AvgIpc) is 2.40. The lowest BCUT2D eigenvalue weighted by molar-refractivity contribution is -0.117. The van der Waals surface area contributed by atoms with Crippen LogP contribution in [0.15, 0.2) is 28.2 Å². The summed E-state index contributed by atoms with van der Waals surface area (Å²) >= 11 is 3.06. The highest BCUT2D eigenvalue weighted by Gasteiger charge is 2.08. The van der Waals surface area contributed by atoms with Crippen LogP contribution in [0.3, 0.4) is 0 Å². The van der Waals surface area contributed by atoms with E-state index in [9.17, 15) is 9.18 Å². The van der Waals surface area contributed by atoms with E-state index in [1.807, 2.05) is 13.0 Å². The summed E-state index contributed by atoms with van der Waals surface area (Å²) in [5.74, 6) is -0.792. The highest BCUT2D eigenvalue weighted by Crippen LogP contribution is 2.18. The Morgan fingerprint density at radius 2 is 2.32 bits per heavy atom. The number of hydrogen-bond donors (Lipinski definition) is 1. The number of nitrogens with zero attached hydrogens (tertiary/aromatic N) is 1. The van der Waals surface area contributed by atoms with Gasteiger partial charge in [0.1, 0.15) is 17.5 Å². The lowest BCUT2D eigenvalue weighted by Crippen LogP contribution is -2.25. The second-order valence-electron chi connectivity index (χ2n) is 3.95. The van der Waals surface area contributed by atoms with E-state index in [-0.39, 0.29) is 11.4 Å². The molecule has 1 rings (SSSR count). The van der Waals surface area contributed by atoms with E-state index < -0.39 is 5.91 Å². The summed E-state index contributed by atoms with van der Waals surface area (Å²) in [7, 11) is 0. The van der Waals surface area contributed by atoms with Crippen molar-refractivity contribution in [2.24, 2.45) is 0 Å². The van der Waals surface area contributed by atoms with Crippen molar-refractivity contribution in [1.82, 2.24) is 5.32 Å². The largest absolute Gasteiger partial charge is 0.351 e. The molecular weight excluding hydrogens is 311 g/mol. The van der Waals surface area contributed by atoms with Crippen molar-refractivity contribution in [3.63, 3.8) is 0 Å². The molecule has 19 heavy (non-hydrogen) atoms. The molecule has 0 bridgehead atoms. The van der Waals surface area contributed by atoms with E-state index >= 15 is 0 Å². The first kappa shape index (κ1) is 15.4. The minimum atomic E-state index is -0.406. The van der Waals surface area contributed by atoms with Crippen molar-refractivity contribution in [2.45, 2.75) is 19.8 Å². The Labute approximate surface area is 120 Å².